The van der Waals surface area contributed by atoms with Gasteiger partial charge in [0.05, 0.1) is 0 Å². The summed E-state index contributed by atoms with van der Waals surface area (Å²) in [6.07, 6.45) is 2.74. The molecule has 0 unspecified atom stereocenters. The Hall–Kier alpha value is -1.06. The Labute approximate surface area is 121 Å². The molecule has 1 aromatic carbocycles. The molecule has 2 fully saturated rings. The lowest BCUT2D eigenvalue weighted by atomic mass is 9.81. The molecular weight excluding hydrogens is 250 g/mol. The van der Waals surface area contributed by atoms with Gasteiger partial charge in [0.1, 0.15) is 11.9 Å². The summed E-state index contributed by atoms with van der Waals surface area (Å²) < 4.78 is 11.5. The van der Waals surface area contributed by atoms with E-state index >= 15 is 0 Å². The molecule has 0 bridgehead atoms. The zero-order chi connectivity index (χ0) is 14.0. The third-order valence-electron chi connectivity index (χ3n) is 4.52. The van der Waals surface area contributed by atoms with Crippen LogP contribution in [-0.4, -0.2) is 43.9 Å². The molecule has 3 nitrogen and oxygen atoms in total. The molecule has 2 aliphatic heterocycles. The molecular formula is C17H25NO2. The van der Waals surface area contributed by atoms with E-state index in [1.165, 1.54) is 24.9 Å². The molecule has 110 valence electrons. The van der Waals surface area contributed by atoms with Crippen LogP contribution in [-0.2, 0) is 4.74 Å². The van der Waals surface area contributed by atoms with E-state index in [1.807, 2.05) is 0 Å². The van der Waals surface area contributed by atoms with Gasteiger partial charge < -0.3 is 9.47 Å². The number of likely N-dealkylation sites (tertiary alicyclic amines) is 1. The maximum Gasteiger partial charge on any atom is 0.124 e. The number of ether oxygens (including phenoxy) is 2. The molecule has 0 spiro atoms. The van der Waals surface area contributed by atoms with Crippen molar-refractivity contribution in [2.75, 3.05) is 32.8 Å². The van der Waals surface area contributed by atoms with E-state index in [-0.39, 0.29) is 0 Å². The maximum atomic E-state index is 6.02. The Kier molecular flexibility index (Phi) is 3.99. The molecule has 2 aliphatic rings. The molecule has 0 atom stereocenters. The van der Waals surface area contributed by atoms with Crippen LogP contribution in [0.4, 0.5) is 0 Å². The zero-order valence-electron chi connectivity index (χ0n) is 12.6. The van der Waals surface area contributed by atoms with Crippen LogP contribution >= 0.6 is 0 Å². The van der Waals surface area contributed by atoms with Crippen LogP contribution in [0.1, 0.15) is 25.3 Å². The second-order valence-corrected chi connectivity index (χ2v) is 6.67. The zero-order valence-corrected chi connectivity index (χ0v) is 12.6. The van der Waals surface area contributed by atoms with Gasteiger partial charge in [0.15, 0.2) is 0 Å². The van der Waals surface area contributed by atoms with Crippen molar-refractivity contribution >= 4 is 0 Å². The Morgan fingerprint density at radius 3 is 2.75 bits per heavy atom. The van der Waals surface area contributed by atoms with E-state index in [9.17, 15) is 0 Å². The van der Waals surface area contributed by atoms with Crippen molar-refractivity contribution in [3.05, 3.63) is 29.8 Å². The first-order valence-electron chi connectivity index (χ1n) is 7.66. The Morgan fingerprint density at radius 1 is 1.30 bits per heavy atom. The Bertz CT molecular complexity index is 448. The van der Waals surface area contributed by atoms with Gasteiger partial charge in [0, 0.05) is 32.8 Å². The summed E-state index contributed by atoms with van der Waals surface area (Å²) in [6, 6.07) is 8.33. The predicted molar refractivity (Wildman–Crippen MR) is 80.2 cm³/mol. The average molecular weight is 275 g/mol. The molecule has 0 amide bonds. The highest BCUT2D eigenvalue weighted by molar-refractivity contribution is 5.27. The lowest BCUT2D eigenvalue weighted by Crippen LogP contribution is -2.57. The third-order valence-corrected chi connectivity index (χ3v) is 4.52. The van der Waals surface area contributed by atoms with Crippen LogP contribution in [0.25, 0.3) is 0 Å². The molecule has 2 heterocycles. The monoisotopic (exact) mass is 275 g/mol. The summed E-state index contributed by atoms with van der Waals surface area (Å²) in [5.41, 5.74) is 1.69. The lowest BCUT2D eigenvalue weighted by Gasteiger charge is -2.45. The summed E-state index contributed by atoms with van der Waals surface area (Å²) >= 11 is 0. The minimum atomic E-state index is 0.361. The molecule has 20 heavy (non-hydrogen) atoms. The second-order valence-electron chi connectivity index (χ2n) is 6.67. The second kappa shape index (κ2) is 5.74. The van der Waals surface area contributed by atoms with Gasteiger partial charge in [-0.1, -0.05) is 19.1 Å². The fraction of sp³-hybridized carbons (Fsp3) is 0.647. The van der Waals surface area contributed by atoms with Crippen LogP contribution in [0.15, 0.2) is 24.3 Å². The largest absolute Gasteiger partial charge is 0.488 e. The number of aryl methyl sites for hydroxylation is 1. The summed E-state index contributed by atoms with van der Waals surface area (Å²) in [5.74, 6) is 1.01. The van der Waals surface area contributed by atoms with E-state index in [0.29, 0.717) is 11.5 Å². The quantitative estimate of drug-likeness (QED) is 0.843. The van der Waals surface area contributed by atoms with Gasteiger partial charge >= 0.3 is 0 Å². The topological polar surface area (TPSA) is 21.7 Å². The molecule has 3 rings (SSSR count). The van der Waals surface area contributed by atoms with Crippen LogP contribution in [0.5, 0.6) is 5.75 Å². The summed E-state index contributed by atoms with van der Waals surface area (Å²) in [4.78, 5) is 2.52. The van der Waals surface area contributed by atoms with E-state index in [1.54, 1.807) is 0 Å². The summed E-state index contributed by atoms with van der Waals surface area (Å²) in [7, 11) is 0. The van der Waals surface area contributed by atoms with Gasteiger partial charge in [-0.05, 0) is 42.9 Å². The summed E-state index contributed by atoms with van der Waals surface area (Å²) in [5, 5.41) is 0. The molecule has 1 aromatic rings. The first-order valence-corrected chi connectivity index (χ1v) is 7.66. The fourth-order valence-corrected chi connectivity index (χ4v) is 3.17. The van der Waals surface area contributed by atoms with Crippen molar-refractivity contribution in [1.29, 1.82) is 0 Å². The number of hydrogen-bond donors (Lipinski definition) is 0. The molecule has 0 N–H and O–H groups in total. The summed E-state index contributed by atoms with van der Waals surface area (Å²) in [6.45, 7) is 9.65. The molecule has 0 radical (unpaired) electrons. The SMILES string of the molecule is Cc1cccc(OC2CN(CC3(C)CCOCC3)C2)c1. The Morgan fingerprint density at radius 2 is 2.05 bits per heavy atom. The standard InChI is InChI=1S/C17H25NO2/c1-14-4-3-5-15(10-14)20-16-11-18(12-16)13-17(2)6-8-19-9-7-17/h3-5,10,16H,6-9,11-13H2,1-2H3. The number of nitrogens with zero attached hydrogens (tertiary/aromatic N) is 1. The van der Waals surface area contributed by atoms with E-state index in [4.69, 9.17) is 9.47 Å². The third kappa shape index (κ3) is 3.33. The van der Waals surface area contributed by atoms with Gasteiger partial charge in [-0.2, -0.15) is 0 Å². The fourth-order valence-electron chi connectivity index (χ4n) is 3.17. The van der Waals surface area contributed by atoms with Crippen LogP contribution in [0, 0.1) is 12.3 Å². The number of hydrogen-bond acceptors (Lipinski definition) is 3. The van der Waals surface area contributed by atoms with Crippen molar-refractivity contribution in [1.82, 2.24) is 4.90 Å². The van der Waals surface area contributed by atoms with E-state index in [2.05, 4.69) is 43.0 Å². The molecule has 0 saturated carbocycles. The van der Waals surface area contributed by atoms with Crippen LogP contribution in [0.3, 0.4) is 0 Å². The van der Waals surface area contributed by atoms with Crippen molar-refractivity contribution in [3.63, 3.8) is 0 Å². The average Bonchev–Trinajstić information content (AvgIpc) is 2.37. The van der Waals surface area contributed by atoms with Gasteiger partial charge in [0.25, 0.3) is 0 Å². The van der Waals surface area contributed by atoms with Gasteiger partial charge in [-0.3, -0.25) is 4.90 Å². The lowest BCUT2D eigenvalue weighted by molar-refractivity contribution is -0.0400. The first-order chi connectivity index (χ1) is 9.63. The first kappa shape index (κ1) is 13.9. The van der Waals surface area contributed by atoms with Crippen molar-refractivity contribution < 1.29 is 9.47 Å². The molecule has 3 heteroatoms. The molecule has 0 aromatic heterocycles. The highest BCUT2D eigenvalue weighted by atomic mass is 16.5. The smallest absolute Gasteiger partial charge is 0.124 e. The van der Waals surface area contributed by atoms with Gasteiger partial charge in [-0.15, -0.1) is 0 Å². The van der Waals surface area contributed by atoms with Crippen LogP contribution < -0.4 is 4.74 Å². The number of benzene rings is 1. The molecule has 0 aliphatic carbocycles. The normalized spacial score (nSPS) is 23.3. The number of rotatable bonds is 4. The minimum Gasteiger partial charge on any atom is -0.488 e. The minimum absolute atomic E-state index is 0.361. The van der Waals surface area contributed by atoms with E-state index < -0.39 is 0 Å². The van der Waals surface area contributed by atoms with Crippen LogP contribution in [0.2, 0.25) is 0 Å². The van der Waals surface area contributed by atoms with Crippen molar-refractivity contribution in [3.8, 4) is 5.75 Å². The van der Waals surface area contributed by atoms with Gasteiger partial charge in [0.2, 0.25) is 0 Å². The highest BCUT2D eigenvalue weighted by Crippen LogP contribution is 2.32. The highest BCUT2D eigenvalue weighted by Gasteiger charge is 2.35. The van der Waals surface area contributed by atoms with Gasteiger partial charge in [-0.25, -0.2) is 0 Å². The van der Waals surface area contributed by atoms with Crippen molar-refractivity contribution in [2.45, 2.75) is 32.8 Å². The predicted octanol–water partition coefficient (Wildman–Crippen LogP) is 2.87. The van der Waals surface area contributed by atoms with E-state index in [0.717, 1.165) is 32.1 Å². The Balaban J connectivity index is 1.44. The maximum absolute atomic E-state index is 6.02. The molecule has 2 saturated heterocycles. The van der Waals surface area contributed by atoms with Crippen molar-refractivity contribution in [2.24, 2.45) is 5.41 Å².